The number of rotatable bonds is 5. The summed E-state index contributed by atoms with van der Waals surface area (Å²) in [5.41, 5.74) is -0.786. The second kappa shape index (κ2) is 8.51. The second-order valence-corrected chi connectivity index (χ2v) is 8.38. The van der Waals surface area contributed by atoms with E-state index in [-0.39, 0.29) is 17.0 Å². The van der Waals surface area contributed by atoms with Gasteiger partial charge >= 0.3 is 5.69 Å². The highest BCUT2D eigenvalue weighted by Crippen LogP contribution is 2.44. The molecule has 36 heavy (non-hydrogen) atoms. The van der Waals surface area contributed by atoms with Gasteiger partial charge in [-0.05, 0) is 54.1 Å². The molecule has 1 aliphatic rings. The van der Waals surface area contributed by atoms with Crippen molar-refractivity contribution in [2.24, 2.45) is 0 Å². The molecule has 180 valence electrons. The molecule has 0 aliphatic carbocycles. The number of aromatic hydroxyl groups is 1. The zero-order valence-electron chi connectivity index (χ0n) is 18.0. The summed E-state index contributed by atoms with van der Waals surface area (Å²) in [4.78, 5) is 38.3. The number of nitro benzene ring substituents is 1. The average Bonchev–Trinajstić information content (AvgIpc) is 3.37. The first-order valence-corrected chi connectivity index (χ1v) is 10.8. The predicted octanol–water partition coefficient (Wildman–Crippen LogP) is 5.62. The normalized spacial score (nSPS) is 15.7. The third-order valence-electron chi connectivity index (χ3n) is 5.75. The number of carbonyl (C=O) groups excluding carboxylic acids is 2. The molecule has 4 aromatic rings. The van der Waals surface area contributed by atoms with Gasteiger partial charge in [0.2, 0.25) is 5.78 Å². The number of ketones is 1. The maximum Gasteiger partial charge on any atom is 0.311 e. The van der Waals surface area contributed by atoms with Gasteiger partial charge in [-0.15, -0.1) is 0 Å². The summed E-state index contributed by atoms with van der Waals surface area (Å²) in [6, 6.07) is 12.8. The van der Waals surface area contributed by atoms with Crippen LogP contribution < -0.4 is 4.90 Å². The number of fused-ring (bicyclic) bond motifs is 1. The van der Waals surface area contributed by atoms with Gasteiger partial charge in [0.1, 0.15) is 11.4 Å². The minimum atomic E-state index is -1.40. The highest BCUT2D eigenvalue weighted by atomic mass is 35.5. The molecule has 1 atom stereocenters. The number of nitrogens with zero attached hydrogens (tertiary/aromatic N) is 2. The van der Waals surface area contributed by atoms with Crippen LogP contribution in [0.4, 0.5) is 15.8 Å². The van der Waals surface area contributed by atoms with E-state index in [2.05, 4.69) is 0 Å². The van der Waals surface area contributed by atoms with Crippen LogP contribution in [0, 0.1) is 15.9 Å². The Morgan fingerprint density at radius 3 is 2.58 bits per heavy atom. The van der Waals surface area contributed by atoms with Gasteiger partial charge < -0.3 is 14.6 Å². The lowest BCUT2D eigenvalue weighted by Crippen LogP contribution is -2.31. The monoisotopic (exact) mass is 508 g/mol. The van der Waals surface area contributed by atoms with E-state index < -0.39 is 51.2 Å². The number of benzene rings is 3. The van der Waals surface area contributed by atoms with E-state index in [0.717, 1.165) is 29.2 Å². The van der Waals surface area contributed by atoms with Crippen molar-refractivity contribution in [2.75, 3.05) is 4.90 Å². The van der Waals surface area contributed by atoms with Crippen molar-refractivity contribution in [3.63, 3.8) is 0 Å². The molecule has 11 heteroatoms. The number of aliphatic hydroxyl groups excluding tert-OH is 1. The SMILES string of the molecule is O=C(C1=C(O)C(=O)N(c2cccc(F)c2)C1c1ccc(O)c([N+](=O)[O-])c1)c1cc2cc(Cl)ccc2o1. The molecule has 9 nitrogen and oxygen atoms in total. The number of Topliss-reactive ketones (excluding diaryl/α,β-unsaturated/α-hetero) is 1. The van der Waals surface area contributed by atoms with Crippen molar-refractivity contribution in [1.82, 2.24) is 0 Å². The summed E-state index contributed by atoms with van der Waals surface area (Å²) < 4.78 is 19.7. The molecular weight excluding hydrogens is 495 g/mol. The zero-order chi connectivity index (χ0) is 25.7. The van der Waals surface area contributed by atoms with Gasteiger partial charge in [-0.3, -0.25) is 24.6 Å². The van der Waals surface area contributed by atoms with Crippen molar-refractivity contribution in [2.45, 2.75) is 6.04 Å². The van der Waals surface area contributed by atoms with Gasteiger partial charge in [-0.2, -0.15) is 0 Å². The van der Waals surface area contributed by atoms with E-state index in [1.165, 1.54) is 24.3 Å². The number of carbonyl (C=O) groups is 2. The Balaban J connectivity index is 1.70. The molecule has 5 rings (SSSR count). The fourth-order valence-electron chi connectivity index (χ4n) is 4.16. The second-order valence-electron chi connectivity index (χ2n) is 7.95. The molecule has 3 aromatic carbocycles. The molecule has 2 N–H and O–H groups in total. The number of hydrogen-bond donors (Lipinski definition) is 2. The lowest BCUT2D eigenvalue weighted by atomic mass is 9.94. The van der Waals surface area contributed by atoms with Crippen LogP contribution in [0.5, 0.6) is 5.75 Å². The van der Waals surface area contributed by atoms with Gasteiger partial charge in [0, 0.05) is 22.2 Å². The van der Waals surface area contributed by atoms with E-state index in [9.17, 15) is 34.3 Å². The summed E-state index contributed by atoms with van der Waals surface area (Å²) in [5.74, 6) is -4.37. The first kappa shape index (κ1) is 23.1. The number of phenolic OH excluding ortho intramolecular Hbond substituents is 1. The molecule has 0 bridgehead atoms. The van der Waals surface area contributed by atoms with Crippen LogP contribution in [0.1, 0.15) is 22.2 Å². The number of phenols is 1. The van der Waals surface area contributed by atoms with Crippen molar-refractivity contribution in [1.29, 1.82) is 0 Å². The summed E-state index contributed by atoms with van der Waals surface area (Å²) >= 11 is 6.00. The summed E-state index contributed by atoms with van der Waals surface area (Å²) in [6.45, 7) is 0. The largest absolute Gasteiger partial charge is 0.503 e. The molecule has 0 radical (unpaired) electrons. The maximum atomic E-state index is 14.0. The van der Waals surface area contributed by atoms with E-state index in [1.807, 2.05) is 0 Å². The number of amides is 1. The van der Waals surface area contributed by atoms with E-state index in [1.54, 1.807) is 18.2 Å². The van der Waals surface area contributed by atoms with Gasteiger partial charge in [-0.25, -0.2) is 4.39 Å². The maximum absolute atomic E-state index is 14.0. The fraction of sp³-hybridized carbons (Fsp3) is 0.0400. The summed E-state index contributed by atoms with van der Waals surface area (Å²) in [5, 5.41) is 33.0. The molecule has 1 unspecified atom stereocenters. The number of halogens is 2. The van der Waals surface area contributed by atoms with Gasteiger partial charge in [0.15, 0.2) is 17.3 Å². The Bertz CT molecular complexity index is 1630. The summed E-state index contributed by atoms with van der Waals surface area (Å²) in [7, 11) is 0. The Kier molecular flexibility index (Phi) is 5.45. The molecular formula is C25H14ClFN2O7. The Hall–Kier alpha value is -4.70. The summed E-state index contributed by atoms with van der Waals surface area (Å²) in [6.07, 6.45) is 0. The molecule has 1 aromatic heterocycles. The van der Waals surface area contributed by atoms with Crippen LogP contribution in [0.25, 0.3) is 11.0 Å². The molecule has 2 heterocycles. The topological polar surface area (TPSA) is 134 Å². The minimum absolute atomic E-state index is 0.00790. The van der Waals surface area contributed by atoms with Crippen molar-refractivity contribution >= 4 is 45.6 Å². The number of anilines is 1. The number of aliphatic hydroxyl groups is 1. The van der Waals surface area contributed by atoms with Crippen LogP contribution in [0.15, 0.2) is 82.5 Å². The van der Waals surface area contributed by atoms with Crippen LogP contribution in [0.3, 0.4) is 0 Å². The molecule has 0 saturated carbocycles. The molecule has 1 aliphatic heterocycles. The van der Waals surface area contributed by atoms with E-state index >= 15 is 0 Å². The highest BCUT2D eigenvalue weighted by molar-refractivity contribution is 6.31. The number of nitro groups is 1. The first-order chi connectivity index (χ1) is 17.2. The van der Waals surface area contributed by atoms with Gasteiger partial charge in [-0.1, -0.05) is 23.7 Å². The van der Waals surface area contributed by atoms with Crippen LogP contribution in [0.2, 0.25) is 5.02 Å². The first-order valence-electron chi connectivity index (χ1n) is 10.4. The number of furan rings is 1. The lowest BCUT2D eigenvalue weighted by molar-refractivity contribution is -0.385. The Morgan fingerprint density at radius 1 is 1.08 bits per heavy atom. The Morgan fingerprint density at radius 2 is 1.86 bits per heavy atom. The van der Waals surface area contributed by atoms with Crippen molar-refractivity contribution < 1.29 is 33.5 Å². The molecule has 0 saturated heterocycles. The lowest BCUT2D eigenvalue weighted by Gasteiger charge is -2.26. The van der Waals surface area contributed by atoms with Crippen molar-refractivity contribution in [3.05, 3.63) is 110 Å². The van der Waals surface area contributed by atoms with E-state index in [4.69, 9.17) is 16.0 Å². The van der Waals surface area contributed by atoms with Crippen LogP contribution in [-0.4, -0.2) is 26.8 Å². The zero-order valence-corrected chi connectivity index (χ0v) is 18.8. The van der Waals surface area contributed by atoms with Gasteiger partial charge in [0.05, 0.1) is 16.5 Å². The average molecular weight is 509 g/mol. The molecule has 0 spiro atoms. The third-order valence-corrected chi connectivity index (χ3v) is 5.99. The smallest absolute Gasteiger partial charge is 0.311 e. The fourth-order valence-corrected chi connectivity index (χ4v) is 4.34. The predicted molar refractivity (Wildman–Crippen MR) is 127 cm³/mol. The van der Waals surface area contributed by atoms with Gasteiger partial charge in [0.25, 0.3) is 5.91 Å². The quantitative estimate of drug-likeness (QED) is 0.203. The van der Waals surface area contributed by atoms with Crippen LogP contribution >= 0.6 is 11.6 Å². The standard InChI is InChI=1S/C25H14ClFN2O7/c26-14-5-7-19-13(8-14)10-20(36-19)23(31)21-22(12-4-6-18(30)17(9-12)29(34)35)28(25(33)24(21)32)16-3-1-2-15(27)11-16/h1-11,22,30,32H. The Labute approximate surface area is 206 Å². The van der Waals surface area contributed by atoms with Crippen molar-refractivity contribution in [3.8, 4) is 5.75 Å². The van der Waals surface area contributed by atoms with Crippen LogP contribution in [-0.2, 0) is 4.79 Å². The number of hydrogen-bond acceptors (Lipinski definition) is 7. The third kappa shape index (κ3) is 3.73. The molecule has 0 fully saturated rings. The highest BCUT2D eigenvalue weighted by Gasteiger charge is 2.46. The van der Waals surface area contributed by atoms with E-state index in [0.29, 0.717) is 16.0 Å². The molecule has 1 amide bonds. The minimum Gasteiger partial charge on any atom is -0.503 e.